The fourth-order valence-corrected chi connectivity index (χ4v) is 4.00. The Labute approximate surface area is 140 Å². The second-order valence-electron chi connectivity index (χ2n) is 7.21. The first-order valence-electron chi connectivity index (χ1n) is 8.39. The van der Waals surface area contributed by atoms with Gasteiger partial charge in [0.1, 0.15) is 0 Å². The number of likely N-dealkylation sites (tertiary alicyclic amines) is 1. The molecule has 2 atom stereocenters. The van der Waals surface area contributed by atoms with Crippen molar-refractivity contribution in [3.8, 4) is 0 Å². The fraction of sp³-hybridized carbons (Fsp3) is 0.611. The quantitative estimate of drug-likeness (QED) is 0.841. The maximum Gasteiger partial charge on any atom is 0.471 e. The SMILES string of the molecule is CN(C)CCCc1ccc2c(c1)C1CC2CN(C(=O)C(F)(F)F)C1. The molecule has 0 N–H and O–H groups in total. The minimum atomic E-state index is -4.78. The van der Waals surface area contributed by atoms with Gasteiger partial charge >= 0.3 is 12.1 Å². The number of hydrogen-bond acceptors (Lipinski definition) is 2. The Hall–Kier alpha value is -1.56. The van der Waals surface area contributed by atoms with Gasteiger partial charge in [-0.25, -0.2) is 0 Å². The number of benzene rings is 1. The molecule has 1 saturated heterocycles. The highest BCUT2D eigenvalue weighted by Gasteiger charge is 2.47. The molecule has 132 valence electrons. The van der Waals surface area contributed by atoms with Gasteiger partial charge in [0.25, 0.3) is 0 Å². The Morgan fingerprint density at radius 3 is 2.50 bits per heavy atom. The van der Waals surface area contributed by atoms with Gasteiger partial charge in [-0.15, -0.1) is 0 Å². The summed E-state index contributed by atoms with van der Waals surface area (Å²) in [6, 6.07) is 6.30. The Kier molecular flexibility index (Phi) is 4.60. The van der Waals surface area contributed by atoms with E-state index in [0.29, 0.717) is 0 Å². The normalized spacial score (nSPS) is 22.8. The van der Waals surface area contributed by atoms with Gasteiger partial charge in [-0.3, -0.25) is 4.79 Å². The van der Waals surface area contributed by atoms with Crippen LogP contribution in [0, 0.1) is 0 Å². The minimum absolute atomic E-state index is 0.0406. The maximum absolute atomic E-state index is 12.7. The van der Waals surface area contributed by atoms with Crippen molar-refractivity contribution in [2.75, 3.05) is 33.7 Å². The van der Waals surface area contributed by atoms with Gasteiger partial charge in [-0.2, -0.15) is 13.2 Å². The number of aryl methyl sites for hydroxylation is 1. The summed E-state index contributed by atoms with van der Waals surface area (Å²) in [6.45, 7) is 1.38. The molecule has 3 rings (SSSR count). The van der Waals surface area contributed by atoms with Gasteiger partial charge < -0.3 is 9.80 Å². The summed E-state index contributed by atoms with van der Waals surface area (Å²) in [5.74, 6) is -1.61. The molecule has 3 nitrogen and oxygen atoms in total. The predicted molar refractivity (Wildman–Crippen MR) is 86.1 cm³/mol. The molecule has 24 heavy (non-hydrogen) atoms. The van der Waals surface area contributed by atoms with Crippen LogP contribution in [0.25, 0.3) is 0 Å². The number of rotatable bonds is 4. The maximum atomic E-state index is 12.7. The molecule has 0 aromatic heterocycles. The third-order valence-electron chi connectivity index (χ3n) is 5.08. The lowest BCUT2D eigenvalue weighted by Gasteiger charge is -2.32. The summed E-state index contributed by atoms with van der Waals surface area (Å²) in [5.41, 5.74) is 3.52. The van der Waals surface area contributed by atoms with Crippen molar-refractivity contribution in [1.29, 1.82) is 0 Å². The highest BCUT2D eigenvalue weighted by molar-refractivity contribution is 5.82. The number of alkyl halides is 3. The third kappa shape index (κ3) is 3.43. The zero-order chi connectivity index (χ0) is 17.5. The summed E-state index contributed by atoms with van der Waals surface area (Å²) < 4.78 is 38.1. The Morgan fingerprint density at radius 2 is 1.88 bits per heavy atom. The number of hydrogen-bond donors (Lipinski definition) is 0. The number of carbonyl (C=O) groups excluding carboxylic acids is 1. The van der Waals surface area contributed by atoms with Gasteiger partial charge in [0.2, 0.25) is 0 Å². The Balaban J connectivity index is 1.73. The molecule has 1 aromatic rings. The second-order valence-corrected chi connectivity index (χ2v) is 7.21. The minimum Gasteiger partial charge on any atom is -0.334 e. The van der Waals surface area contributed by atoms with Crippen LogP contribution in [-0.4, -0.2) is 55.6 Å². The van der Waals surface area contributed by atoms with E-state index < -0.39 is 12.1 Å². The molecule has 0 spiro atoms. The molecule has 2 bridgehead atoms. The lowest BCUT2D eigenvalue weighted by molar-refractivity contribution is -0.186. The number of carbonyl (C=O) groups is 1. The lowest BCUT2D eigenvalue weighted by Crippen LogP contribution is -2.46. The first-order valence-corrected chi connectivity index (χ1v) is 8.39. The van der Waals surface area contributed by atoms with Crippen molar-refractivity contribution in [2.45, 2.75) is 37.3 Å². The van der Waals surface area contributed by atoms with Crippen LogP contribution >= 0.6 is 0 Å². The Bertz CT molecular complexity index is 627. The Morgan fingerprint density at radius 1 is 1.21 bits per heavy atom. The molecule has 1 aliphatic carbocycles. The number of nitrogens with zero attached hydrogens (tertiary/aromatic N) is 2. The van der Waals surface area contributed by atoms with Gasteiger partial charge in [-0.1, -0.05) is 18.2 Å². The fourth-order valence-electron chi connectivity index (χ4n) is 4.00. The molecule has 1 fully saturated rings. The molecule has 0 radical (unpaired) electrons. The van der Waals surface area contributed by atoms with Gasteiger partial charge in [0.05, 0.1) is 0 Å². The van der Waals surface area contributed by atoms with Gasteiger partial charge in [0, 0.05) is 24.9 Å². The van der Waals surface area contributed by atoms with E-state index in [0.717, 1.165) is 41.8 Å². The van der Waals surface area contributed by atoms with Crippen molar-refractivity contribution >= 4 is 5.91 Å². The molecular weight excluding hydrogens is 317 g/mol. The number of piperidine rings is 1. The predicted octanol–water partition coefficient (Wildman–Crippen LogP) is 3.16. The zero-order valence-electron chi connectivity index (χ0n) is 14.1. The largest absolute Gasteiger partial charge is 0.471 e. The average Bonchev–Trinajstić information content (AvgIpc) is 2.76. The van der Waals surface area contributed by atoms with E-state index in [-0.39, 0.29) is 24.9 Å². The molecule has 1 amide bonds. The van der Waals surface area contributed by atoms with Crippen LogP contribution < -0.4 is 0 Å². The van der Waals surface area contributed by atoms with Crippen LogP contribution in [0.15, 0.2) is 18.2 Å². The average molecular weight is 340 g/mol. The summed E-state index contributed by atoms with van der Waals surface area (Å²) in [5, 5.41) is 0. The van der Waals surface area contributed by atoms with E-state index in [2.05, 4.69) is 23.1 Å². The number of fused-ring (bicyclic) bond motifs is 5. The highest BCUT2D eigenvalue weighted by atomic mass is 19.4. The van der Waals surface area contributed by atoms with Gasteiger partial charge in [0.15, 0.2) is 0 Å². The molecule has 1 aromatic carbocycles. The summed E-state index contributed by atoms with van der Waals surface area (Å²) >= 11 is 0. The van der Waals surface area contributed by atoms with Crippen molar-refractivity contribution in [3.05, 3.63) is 34.9 Å². The molecule has 6 heteroatoms. The van der Waals surface area contributed by atoms with Crippen molar-refractivity contribution in [2.24, 2.45) is 0 Å². The standard InChI is InChI=1S/C18H23F3N2O/c1-22(2)7-3-4-12-5-6-15-13-9-14(16(15)8-12)11-23(10-13)17(24)18(19,20)21/h5-6,8,13-14H,3-4,7,9-11H2,1-2H3. The van der Waals surface area contributed by atoms with Crippen LogP contribution in [0.4, 0.5) is 13.2 Å². The van der Waals surface area contributed by atoms with E-state index in [9.17, 15) is 18.0 Å². The monoisotopic (exact) mass is 340 g/mol. The van der Waals surface area contributed by atoms with E-state index in [1.165, 1.54) is 5.56 Å². The van der Waals surface area contributed by atoms with E-state index in [1.54, 1.807) is 0 Å². The molecule has 2 aliphatic rings. The highest BCUT2D eigenvalue weighted by Crippen LogP contribution is 2.46. The second kappa shape index (κ2) is 6.39. The van der Waals surface area contributed by atoms with Crippen LogP contribution in [0.5, 0.6) is 0 Å². The summed E-state index contributed by atoms with van der Waals surface area (Å²) in [4.78, 5) is 14.7. The summed E-state index contributed by atoms with van der Waals surface area (Å²) in [6.07, 6.45) is -1.90. The molecule has 0 saturated carbocycles. The van der Waals surface area contributed by atoms with Gasteiger partial charge in [-0.05, 0) is 56.6 Å². The first kappa shape index (κ1) is 17.3. The van der Waals surface area contributed by atoms with Crippen molar-refractivity contribution < 1.29 is 18.0 Å². The van der Waals surface area contributed by atoms with E-state index in [4.69, 9.17) is 0 Å². The molecular formula is C18H23F3N2O. The topological polar surface area (TPSA) is 23.6 Å². The third-order valence-corrected chi connectivity index (χ3v) is 5.08. The van der Waals surface area contributed by atoms with E-state index >= 15 is 0 Å². The molecule has 1 aliphatic heterocycles. The smallest absolute Gasteiger partial charge is 0.334 e. The van der Waals surface area contributed by atoms with Crippen molar-refractivity contribution in [1.82, 2.24) is 9.80 Å². The zero-order valence-corrected chi connectivity index (χ0v) is 14.1. The van der Waals surface area contributed by atoms with Crippen LogP contribution in [0.2, 0.25) is 0 Å². The first-order chi connectivity index (χ1) is 11.3. The van der Waals surface area contributed by atoms with Crippen molar-refractivity contribution in [3.63, 3.8) is 0 Å². The molecule has 2 unspecified atom stereocenters. The van der Waals surface area contributed by atoms with E-state index in [1.807, 2.05) is 14.1 Å². The molecule has 1 heterocycles. The lowest BCUT2D eigenvalue weighted by atomic mass is 9.95. The summed E-state index contributed by atoms with van der Waals surface area (Å²) in [7, 11) is 4.08. The van der Waals surface area contributed by atoms with Crippen LogP contribution in [0.3, 0.4) is 0 Å². The number of amides is 1. The van der Waals surface area contributed by atoms with Crippen LogP contribution in [0.1, 0.15) is 41.4 Å². The van der Waals surface area contributed by atoms with Crippen LogP contribution in [-0.2, 0) is 11.2 Å². The number of halogens is 3.